The molecule has 6 heteroatoms. The number of hydrogen-bond donors (Lipinski definition) is 0. The Labute approximate surface area is 140 Å². The van der Waals surface area contributed by atoms with E-state index in [4.69, 9.17) is 0 Å². The van der Waals surface area contributed by atoms with E-state index >= 15 is 0 Å². The third-order valence-electron chi connectivity index (χ3n) is 4.04. The van der Waals surface area contributed by atoms with Crippen molar-refractivity contribution in [1.82, 2.24) is 19.6 Å². The molecule has 1 atom stereocenters. The van der Waals surface area contributed by atoms with Gasteiger partial charge in [0, 0.05) is 23.7 Å². The van der Waals surface area contributed by atoms with Crippen molar-refractivity contribution in [1.29, 1.82) is 0 Å². The van der Waals surface area contributed by atoms with Crippen LogP contribution in [0, 0.1) is 0 Å². The molecule has 5 nitrogen and oxygen atoms in total. The Hall–Kier alpha value is -1.92. The lowest BCUT2D eigenvalue weighted by Gasteiger charge is -2.34. The second-order valence-electron chi connectivity index (χ2n) is 6.08. The van der Waals surface area contributed by atoms with E-state index in [9.17, 15) is 4.79 Å². The normalized spacial score (nSPS) is 17.9. The summed E-state index contributed by atoms with van der Waals surface area (Å²) >= 11 is 1.64. The summed E-state index contributed by atoms with van der Waals surface area (Å²) in [5.74, 6) is 0.0701. The first kappa shape index (κ1) is 16.0. The summed E-state index contributed by atoms with van der Waals surface area (Å²) in [4.78, 5) is 17.7. The van der Waals surface area contributed by atoms with Crippen LogP contribution in [0.3, 0.4) is 0 Å². The molecule has 0 saturated heterocycles. The van der Waals surface area contributed by atoms with Gasteiger partial charge in [-0.1, -0.05) is 6.07 Å². The zero-order valence-electron chi connectivity index (χ0n) is 13.6. The molecule has 0 aliphatic carbocycles. The summed E-state index contributed by atoms with van der Waals surface area (Å²) in [7, 11) is 4.14. The first-order valence-corrected chi connectivity index (χ1v) is 8.69. The van der Waals surface area contributed by atoms with Gasteiger partial charge in [0.15, 0.2) is 0 Å². The maximum atomic E-state index is 12.5. The lowest BCUT2D eigenvalue weighted by Crippen LogP contribution is -2.41. The van der Waals surface area contributed by atoms with Crippen molar-refractivity contribution in [2.75, 3.05) is 27.2 Å². The fourth-order valence-corrected chi connectivity index (χ4v) is 3.44. The fraction of sp³-hybridized carbons (Fsp3) is 0.412. The van der Waals surface area contributed by atoms with Crippen LogP contribution in [-0.2, 0) is 11.3 Å². The van der Waals surface area contributed by atoms with Crippen LogP contribution in [0.25, 0.3) is 6.08 Å². The van der Waals surface area contributed by atoms with Gasteiger partial charge in [-0.15, -0.1) is 11.3 Å². The van der Waals surface area contributed by atoms with Crippen LogP contribution in [0.15, 0.2) is 35.9 Å². The Morgan fingerprint density at radius 3 is 3.09 bits per heavy atom. The summed E-state index contributed by atoms with van der Waals surface area (Å²) in [5.41, 5.74) is 1.11. The SMILES string of the molecule is CN(C)CCC1CN(C(=O)/C=C/c2cccs2)Cc2ccnn21. The van der Waals surface area contributed by atoms with Gasteiger partial charge in [-0.05, 0) is 50.6 Å². The number of thiophene rings is 1. The van der Waals surface area contributed by atoms with Crippen LogP contribution in [0.2, 0.25) is 0 Å². The number of carbonyl (C=O) groups is 1. The fourth-order valence-electron chi connectivity index (χ4n) is 2.82. The Balaban J connectivity index is 1.70. The quantitative estimate of drug-likeness (QED) is 0.791. The summed E-state index contributed by atoms with van der Waals surface area (Å²) in [6.45, 7) is 2.33. The van der Waals surface area contributed by atoms with Gasteiger partial charge in [-0.3, -0.25) is 9.48 Å². The van der Waals surface area contributed by atoms with Crippen molar-refractivity contribution in [3.05, 3.63) is 46.4 Å². The maximum Gasteiger partial charge on any atom is 0.247 e. The largest absolute Gasteiger partial charge is 0.331 e. The molecule has 0 bridgehead atoms. The van der Waals surface area contributed by atoms with Crippen LogP contribution in [-0.4, -0.2) is 52.7 Å². The summed E-state index contributed by atoms with van der Waals surface area (Å²) in [6, 6.07) is 6.26. The molecule has 0 saturated carbocycles. The minimum atomic E-state index is 0.0701. The van der Waals surface area contributed by atoms with Gasteiger partial charge in [-0.2, -0.15) is 5.10 Å². The molecule has 1 unspecified atom stereocenters. The predicted molar refractivity (Wildman–Crippen MR) is 93.2 cm³/mol. The minimum Gasteiger partial charge on any atom is -0.331 e. The first-order valence-electron chi connectivity index (χ1n) is 7.81. The Bertz CT molecular complexity index is 675. The number of fused-ring (bicyclic) bond motifs is 1. The highest BCUT2D eigenvalue weighted by Crippen LogP contribution is 2.23. The van der Waals surface area contributed by atoms with Crippen molar-refractivity contribution in [2.24, 2.45) is 0 Å². The van der Waals surface area contributed by atoms with Gasteiger partial charge < -0.3 is 9.80 Å². The molecule has 1 amide bonds. The highest BCUT2D eigenvalue weighted by atomic mass is 32.1. The first-order chi connectivity index (χ1) is 11.1. The summed E-state index contributed by atoms with van der Waals surface area (Å²) in [6.07, 6.45) is 6.39. The predicted octanol–water partition coefficient (Wildman–Crippen LogP) is 2.49. The lowest BCUT2D eigenvalue weighted by molar-refractivity contribution is -0.128. The minimum absolute atomic E-state index is 0.0701. The third-order valence-corrected chi connectivity index (χ3v) is 4.87. The van der Waals surface area contributed by atoms with E-state index < -0.39 is 0 Å². The topological polar surface area (TPSA) is 41.4 Å². The highest BCUT2D eigenvalue weighted by molar-refractivity contribution is 7.10. The molecule has 3 rings (SSSR count). The Kier molecular flexibility index (Phi) is 4.93. The van der Waals surface area contributed by atoms with Crippen LogP contribution in [0.4, 0.5) is 0 Å². The van der Waals surface area contributed by atoms with E-state index in [0.717, 1.165) is 30.1 Å². The van der Waals surface area contributed by atoms with E-state index in [1.807, 2.05) is 40.8 Å². The molecule has 0 aromatic carbocycles. The smallest absolute Gasteiger partial charge is 0.247 e. The average molecular weight is 330 g/mol. The zero-order chi connectivity index (χ0) is 16.2. The molecule has 1 aliphatic rings. The second-order valence-corrected chi connectivity index (χ2v) is 7.06. The van der Waals surface area contributed by atoms with E-state index in [0.29, 0.717) is 6.54 Å². The molecular weight excluding hydrogens is 308 g/mol. The number of aromatic nitrogens is 2. The number of nitrogens with zero attached hydrogens (tertiary/aromatic N) is 4. The van der Waals surface area contributed by atoms with Gasteiger partial charge in [0.2, 0.25) is 5.91 Å². The van der Waals surface area contributed by atoms with Gasteiger partial charge in [-0.25, -0.2) is 0 Å². The summed E-state index contributed by atoms with van der Waals surface area (Å²) in [5, 5.41) is 6.46. The molecule has 0 fully saturated rings. The van der Waals surface area contributed by atoms with Crippen molar-refractivity contribution in [3.63, 3.8) is 0 Å². The number of amides is 1. The second kappa shape index (κ2) is 7.10. The molecule has 1 aliphatic heterocycles. The molecule has 0 radical (unpaired) electrons. The average Bonchev–Trinajstić information content (AvgIpc) is 3.20. The van der Waals surface area contributed by atoms with Crippen molar-refractivity contribution in [3.8, 4) is 0 Å². The van der Waals surface area contributed by atoms with E-state index in [1.54, 1.807) is 17.4 Å². The van der Waals surface area contributed by atoms with Crippen molar-refractivity contribution >= 4 is 23.3 Å². The maximum absolute atomic E-state index is 12.5. The molecule has 23 heavy (non-hydrogen) atoms. The van der Waals surface area contributed by atoms with Gasteiger partial charge >= 0.3 is 0 Å². The van der Waals surface area contributed by atoms with Gasteiger partial charge in [0.25, 0.3) is 0 Å². The van der Waals surface area contributed by atoms with E-state index in [-0.39, 0.29) is 11.9 Å². The van der Waals surface area contributed by atoms with E-state index in [2.05, 4.69) is 28.8 Å². The van der Waals surface area contributed by atoms with E-state index in [1.165, 1.54) is 0 Å². The summed E-state index contributed by atoms with van der Waals surface area (Å²) < 4.78 is 2.08. The lowest BCUT2D eigenvalue weighted by atomic mass is 10.1. The number of carbonyl (C=O) groups excluding carboxylic acids is 1. The monoisotopic (exact) mass is 330 g/mol. The van der Waals surface area contributed by atoms with Crippen LogP contribution < -0.4 is 0 Å². The number of rotatable bonds is 5. The molecule has 122 valence electrons. The van der Waals surface area contributed by atoms with Crippen molar-refractivity contribution < 1.29 is 4.79 Å². The Morgan fingerprint density at radius 2 is 2.35 bits per heavy atom. The van der Waals surface area contributed by atoms with Crippen LogP contribution >= 0.6 is 11.3 Å². The Morgan fingerprint density at radius 1 is 1.48 bits per heavy atom. The molecule has 2 aromatic heterocycles. The van der Waals surface area contributed by atoms with Crippen LogP contribution in [0.1, 0.15) is 23.0 Å². The van der Waals surface area contributed by atoms with Gasteiger partial charge in [0.05, 0.1) is 18.3 Å². The zero-order valence-corrected chi connectivity index (χ0v) is 14.4. The van der Waals surface area contributed by atoms with Gasteiger partial charge in [0.1, 0.15) is 0 Å². The molecule has 3 heterocycles. The molecular formula is C17H22N4OS. The molecule has 0 N–H and O–H groups in total. The highest BCUT2D eigenvalue weighted by Gasteiger charge is 2.27. The van der Waals surface area contributed by atoms with Crippen molar-refractivity contribution in [2.45, 2.75) is 19.0 Å². The number of hydrogen-bond acceptors (Lipinski definition) is 4. The standard InChI is InChI=1S/C17H22N4OS/c1-19(2)10-8-15-13-20(12-14-7-9-18-21(14)15)17(22)6-5-16-4-3-11-23-16/h3-7,9,11,15H,8,10,12-13H2,1-2H3/b6-5+. The molecule has 0 spiro atoms. The van der Waals surface area contributed by atoms with Crippen LogP contribution in [0.5, 0.6) is 0 Å². The molecule has 2 aromatic rings. The third kappa shape index (κ3) is 3.89.